The molecule has 0 aliphatic carbocycles. The lowest BCUT2D eigenvalue weighted by Gasteiger charge is -1.64. The molecule has 0 amide bonds. The fraction of sp³-hybridized carbons (Fsp3) is 0.333. The van der Waals surface area contributed by atoms with E-state index in [1.807, 2.05) is 0 Å². The van der Waals surface area contributed by atoms with Gasteiger partial charge in [-0.1, -0.05) is 6.58 Å². The standard InChI is InChI=1S/C3H5NO.C3H4O2/c1-2-4-3-5;1-2-3(4)5/h2H2,1H3;2H,1H2,(H,4,5). The molecule has 0 heterocycles. The van der Waals surface area contributed by atoms with Crippen LogP contribution in [0, 0.1) is 0 Å². The highest BCUT2D eigenvalue weighted by atomic mass is 16.4. The molecule has 56 valence electrons. The summed E-state index contributed by atoms with van der Waals surface area (Å²) >= 11 is 0. The van der Waals surface area contributed by atoms with Crippen LogP contribution in [-0.2, 0) is 9.59 Å². The molecule has 0 aromatic heterocycles. The first-order valence-electron chi connectivity index (χ1n) is 2.58. The number of carbonyl (C=O) groups is 1. The Bertz CT molecular complexity index is 147. The fourth-order valence-electron chi connectivity index (χ4n) is 0.0645. The van der Waals surface area contributed by atoms with E-state index in [2.05, 4.69) is 11.6 Å². The normalized spacial score (nSPS) is 6.10. The van der Waals surface area contributed by atoms with Crippen LogP contribution in [0.3, 0.4) is 0 Å². The summed E-state index contributed by atoms with van der Waals surface area (Å²) in [6.07, 6.45) is 2.23. The minimum Gasteiger partial charge on any atom is -0.478 e. The highest BCUT2D eigenvalue weighted by Gasteiger charge is 1.73. The second-order valence-electron chi connectivity index (χ2n) is 1.11. The van der Waals surface area contributed by atoms with Crippen LogP contribution >= 0.6 is 0 Å². The lowest BCUT2D eigenvalue weighted by Crippen LogP contribution is -1.82. The van der Waals surface area contributed by atoms with E-state index in [4.69, 9.17) is 9.90 Å². The number of nitrogens with zero attached hydrogens (tertiary/aromatic N) is 1. The van der Waals surface area contributed by atoms with Crippen LogP contribution < -0.4 is 0 Å². The minimum absolute atomic E-state index is 0.545. The topological polar surface area (TPSA) is 66.7 Å². The Morgan fingerprint density at radius 3 is 2.30 bits per heavy atom. The predicted molar refractivity (Wildman–Crippen MR) is 36.5 cm³/mol. The van der Waals surface area contributed by atoms with Gasteiger partial charge in [0.25, 0.3) is 0 Å². The van der Waals surface area contributed by atoms with Gasteiger partial charge >= 0.3 is 5.97 Å². The monoisotopic (exact) mass is 143 g/mol. The molecule has 0 aliphatic rings. The van der Waals surface area contributed by atoms with Crippen molar-refractivity contribution in [3.63, 3.8) is 0 Å². The van der Waals surface area contributed by atoms with Gasteiger partial charge in [-0.15, -0.1) is 0 Å². The summed E-state index contributed by atoms with van der Waals surface area (Å²) in [5, 5.41) is 7.60. The highest BCUT2D eigenvalue weighted by Crippen LogP contribution is 1.54. The lowest BCUT2D eigenvalue weighted by molar-refractivity contribution is -0.131. The molecule has 4 nitrogen and oxygen atoms in total. The number of aliphatic imine (C=N–C) groups is 1. The van der Waals surface area contributed by atoms with E-state index >= 15 is 0 Å². The molecule has 0 fully saturated rings. The van der Waals surface area contributed by atoms with Gasteiger partial charge in [-0.3, -0.25) is 0 Å². The van der Waals surface area contributed by atoms with E-state index in [1.165, 1.54) is 6.08 Å². The Balaban J connectivity index is 0. The molecule has 4 heteroatoms. The molecule has 0 unspecified atom stereocenters. The van der Waals surface area contributed by atoms with Crippen molar-refractivity contribution in [1.82, 2.24) is 0 Å². The van der Waals surface area contributed by atoms with E-state index in [0.717, 1.165) is 6.08 Å². The zero-order valence-electron chi connectivity index (χ0n) is 5.70. The molecular weight excluding hydrogens is 134 g/mol. The van der Waals surface area contributed by atoms with Crippen molar-refractivity contribution in [3.05, 3.63) is 12.7 Å². The van der Waals surface area contributed by atoms with Crippen molar-refractivity contribution in [1.29, 1.82) is 0 Å². The van der Waals surface area contributed by atoms with Gasteiger partial charge in [0.05, 0.1) is 0 Å². The largest absolute Gasteiger partial charge is 0.478 e. The number of hydrogen-bond acceptors (Lipinski definition) is 3. The summed E-state index contributed by atoms with van der Waals surface area (Å²) < 4.78 is 0. The van der Waals surface area contributed by atoms with E-state index in [-0.39, 0.29) is 0 Å². The summed E-state index contributed by atoms with van der Waals surface area (Å²) in [6, 6.07) is 0. The first-order valence-corrected chi connectivity index (χ1v) is 2.58. The zero-order chi connectivity index (χ0) is 8.41. The third-order valence-electron chi connectivity index (χ3n) is 0.397. The Kier molecular flexibility index (Phi) is 12.0. The minimum atomic E-state index is -0.981. The molecule has 0 aromatic carbocycles. The number of carboxylic acids is 1. The van der Waals surface area contributed by atoms with Gasteiger partial charge in [-0.05, 0) is 6.92 Å². The number of isocyanates is 1. The first-order chi connectivity index (χ1) is 4.68. The van der Waals surface area contributed by atoms with E-state index in [1.54, 1.807) is 6.92 Å². The third-order valence-corrected chi connectivity index (χ3v) is 0.397. The molecule has 0 bridgehead atoms. The number of hydrogen-bond donors (Lipinski definition) is 1. The molecule has 0 spiro atoms. The van der Waals surface area contributed by atoms with Gasteiger partial charge in [0.2, 0.25) is 6.08 Å². The summed E-state index contributed by atoms with van der Waals surface area (Å²) in [7, 11) is 0. The third kappa shape index (κ3) is 30.7. The maximum atomic E-state index is 9.25. The van der Waals surface area contributed by atoms with Crippen LogP contribution in [0.25, 0.3) is 0 Å². The van der Waals surface area contributed by atoms with Gasteiger partial charge in [0, 0.05) is 12.6 Å². The first kappa shape index (κ1) is 11.4. The second kappa shape index (κ2) is 10.5. The summed E-state index contributed by atoms with van der Waals surface area (Å²) in [6.45, 7) is 5.29. The molecule has 0 rings (SSSR count). The maximum Gasteiger partial charge on any atom is 0.327 e. The van der Waals surface area contributed by atoms with Crippen molar-refractivity contribution in [2.24, 2.45) is 4.99 Å². The van der Waals surface area contributed by atoms with Crippen molar-refractivity contribution in [2.45, 2.75) is 6.92 Å². The average Bonchev–Trinajstić information content (AvgIpc) is 1.91. The zero-order valence-corrected chi connectivity index (χ0v) is 5.70. The highest BCUT2D eigenvalue weighted by molar-refractivity contribution is 5.78. The van der Waals surface area contributed by atoms with Gasteiger partial charge < -0.3 is 5.11 Å². The molecule has 10 heavy (non-hydrogen) atoms. The van der Waals surface area contributed by atoms with Crippen molar-refractivity contribution in [3.8, 4) is 0 Å². The Hall–Kier alpha value is -1.41. The number of aliphatic carboxylic acids is 1. The van der Waals surface area contributed by atoms with Crippen LogP contribution in [-0.4, -0.2) is 23.7 Å². The van der Waals surface area contributed by atoms with Crippen LogP contribution in [0.1, 0.15) is 6.92 Å². The van der Waals surface area contributed by atoms with Gasteiger partial charge in [0.15, 0.2) is 0 Å². The SMILES string of the molecule is C=CC(=O)O.CCN=C=O. The van der Waals surface area contributed by atoms with Crippen molar-refractivity contribution < 1.29 is 14.7 Å². The van der Waals surface area contributed by atoms with Crippen molar-refractivity contribution in [2.75, 3.05) is 6.54 Å². The number of rotatable bonds is 2. The Labute approximate surface area is 58.9 Å². The maximum absolute atomic E-state index is 9.25. The molecule has 0 saturated heterocycles. The molecule has 0 aliphatic heterocycles. The molecule has 0 aromatic rings. The lowest BCUT2D eigenvalue weighted by atomic mass is 10.7. The van der Waals surface area contributed by atoms with E-state index in [9.17, 15) is 4.79 Å². The average molecular weight is 143 g/mol. The molecule has 1 N–H and O–H groups in total. The van der Waals surface area contributed by atoms with Crippen LogP contribution in [0.4, 0.5) is 0 Å². The smallest absolute Gasteiger partial charge is 0.327 e. The predicted octanol–water partition coefficient (Wildman–Crippen LogP) is 0.599. The second-order valence-corrected chi connectivity index (χ2v) is 1.11. The fourth-order valence-corrected chi connectivity index (χ4v) is 0.0645. The summed E-state index contributed by atoms with van der Waals surface area (Å²) in [5.74, 6) is -0.981. The van der Waals surface area contributed by atoms with Gasteiger partial charge in [0.1, 0.15) is 0 Å². The number of carbonyl (C=O) groups excluding carboxylic acids is 1. The Morgan fingerprint density at radius 2 is 2.30 bits per heavy atom. The molecular formula is C6H9NO3. The van der Waals surface area contributed by atoms with Crippen molar-refractivity contribution >= 4 is 12.0 Å². The van der Waals surface area contributed by atoms with Gasteiger partial charge in [-0.2, -0.15) is 0 Å². The molecule has 0 saturated carbocycles. The van der Waals surface area contributed by atoms with Crippen LogP contribution in [0.15, 0.2) is 17.6 Å². The molecule has 0 atom stereocenters. The van der Waals surface area contributed by atoms with E-state index in [0.29, 0.717) is 6.54 Å². The summed E-state index contributed by atoms with van der Waals surface area (Å²) in [5.41, 5.74) is 0. The molecule has 0 radical (unpaired) electrons. The van der Waals surface area contributed by atoms with Gasteiger partial charge in [-0.25, -0.2) is 14.6 Å². The summed E-state index contributed by atoms with van der Waals surface area (Å²) in [4.78, 5) is 21.5. The van der Waals surface area contributed by atoms with E-state index < -0.39 is 5.97 Å². The Morgan fingerprint density at radius 1 is 1.90 bits per heavy atom. The number of carboxylic acid groups (broad SMARTS) is 1. The quantitative estimate of drug-likeness (QED) is 0.349. The van der Waals surface area contributed by atoms with Crippen LogP contribution in [0.5, 0.6) is 0 Å². The van der Waals surface area contributed by atoms with Crippen LogP contribution in [0.2, 0.25) is 0 Å².